The molecule has 0 radical (unpaired) electrons. The first-order chi connectivity index (χ1) is 11.5. The third-order valence-electron chi connectivity index (χ3n) is 4.44. The molecule has 1 amide bonds. The summed E-state index contributed by atoms with van der Waals surface area (Å²) in [5.41, 5.74) is 1.99. The summed E-state index contributed by atoms with van der Waals surface area (Å²) in [6.45, 7) is 0.757. The fourth-order valence-electron chi connectivity index (χ4n) is 3.18. The molecule has 5 heteroatoms. The molecule has 2 nitrogen and oxygen atoms in total. The molecule has 24 heavy (non-hydrogen) atoms. The molecule has 2 aromatic carbocycles. The van der Waals surface area contributed by atoms with E-state index in [0.717, 1.165) is 30.5 Å². The van der Waals surface area contributed by atoms with Gasteiger partial charge in [0.25, 0.3) is 0 Å². The Bertz CT molecular complexity index is 733. The first-order valence-electron chi connectivity index (χ1n) is 8.03. The summed E-state index contributed by atoms with van der Waals surface area (Å²) in [6.07, 6.45) is 2.95. The van der Waals surface area contributed by atoms with Gasteiger partial charge >= 0.3 is 0 Å². The van der Waals surface area contributed by atoms with Crippen LogP contribution in [-0.2, 0) is 11.2 Å². The van der Waals surface area contributed by atoms with Crippen LogP contribution in [0.1, 0.15) is 36.4 Å². The summed E-state index contributed by atoms with van der Waals surface area (Å²) in [5, 5.41) is 1.03. The van der Waals surface area contributed by atoms with E-state index in [1.54, 1.807) is 18.2 Å². The van der Waals surface area contributed by atoms with E-state index in [4.69, 9.17) is 23.2 Å². The lowest BCUT2D eigenvalue weighted by Gasteiger charge is -2.25. The molecule has 0 aromatic heterocycles. The first kappa shape index (κ1) is 17.2. The number of rotatable bonds is 4. The van der Waals surface area contributed by atoms with E-state index in [0.29, 0.717) is 22.9 Å². The Kier molecular flexibility index (Phi) is 5.42. The van der Waals surface area contributed by atoms with E-state index >= 15 is 0 Å². The van der Waals surface area contributed by atoms with Crippen LogP contribution in [0, 0.1) is 5.82 Å². The van der Waals surface area contributed by atoms with E-state index in [2.05, 4.69) is 0 Å². The van der Waals surface area contributed by atoms with Gasteiger partial charge in [0.15, 0.2) is 0 Å². The molecule has 126 valence electrons. The van der Waals surface area contributed by atoms with Gasteiger partial charge in [0.2, 0.25) is 5.91 Å². The van der Waals surface area contributed by atoms with Crippen molar-refractivity contribution in [1.29, 1.82) is 0 Å². The van der Waals surface area contributed by atoms with Crippen molar-refractivity contribution in [3.8, 4) is 0 Å². The highest BCUT2D eigenvalue weighted by molar-refractivity contribution is 6.42. The highest BCUT2D eigenvalue weighted by atomic mass is 35.5. The zero-order valence-corrected chi connectivity index (χ0v) is 14.7. The van der Waals surface area contributed by atoms with Gasteiger partial charge in [-0.05, 0) is 54.7 Å². The molecule has 0 N–H and O–H groups in total. The van der Waals surface area contributed by atoms with Crippen LogP contribution in [0.25, 0.3) is 0 Å². The molecule has 1 fully saturated rings. The van der Waals surface area contributed by atoms with Crippen molar-refractivity contribution >= 4 is 29.1 Å². The maximum absolute atomic E-state index is 12.9. The smallest absolute Gasteiger partial charge is 0.223 e. The van der Waals surface area contributed by atoms with E-state index < -0.39 is 0 Å². The van der Waals surface area contributed by atoms with Crippen LogP contribution in [0.5, 0.6) is 0 Å². The number of nitrogens with zero attached hydrogens (tertiary/aromatic N) is 1. The van der Waals surface area contributed by atoms with Crippen LogP contribution in [0.3, 0.4) is 0 Å². The number of carbonyl (C=O) groups excluding carboxylic acids is 1. The highest BCUT2D eigenvalue weighted by Gasteiger charge is 2.29. The molecule has 1 heterocycles. The molecule has 1 aliphatic rings. The van der Waals surface area contributed by atoms with Crippen molar-refractivity contribution in [1.82, 2.24) is 4.90 Å². The van der Waals surface area contributed by atoms with Crippen LogP contribution in [0.4, 0.5) is 4.39 Å². The Morgan fingerprint density at radius 3 is 2.58 bits per heavy atom. The molecule has 1 unspecified atom stereocenters. The van der Waals surface area contributed by atoms with Gasteiger partial charge in [-0.2, -0.15) is 0 Å². The van der Waals surface area contributed by atoms with Crippen molar-refractivity contribution in [3.05, 3.63) is 69.5 Å². The van der Waals surface area contributed by atoms with Crippen molar-refractivity contribution in [2.24, 2.45) is 0 Å². The summed E-state index contributed by atoms with van der Waals surface area (Å²) >= 11 is 12.1. The topological polar surface area (TPSA) is 20.3 Å². The minimum Gasteiger partial charge on any atom is -0.336 e. The first-order valence-corrected chi connectivity index (χ1v) is 8.79. The number of halogens is 3. The second-order valence-corrected chi connectivity index (χ2v) is 6.86. The summed E-state index contributed by atoms with van der Waals surface area (Å²) < 4.78 is 12.9. The molecule has 1 saturated heterocycles. The van der Waals surface area contributed by atoms with E-state index in [-0.39, 0.29) is 17.8 Å². The van der Waals surface area contributed by atoms with Gasteiger partial charge in [-0.15, -0.1) is 0 Å². The monoisotopic (exact) mass is 365 g/mol. The molecule has 1 aliphatic heterocycles. The van der Waals surface area contributed by atoms with Gasteiger partial charge in [0.1, 0.15) is 5.82 Å². The molecule has 2 aromatic rings. The van der Waals surface area contributed by atoms with Crippen molar-refractivity contribution in [2.75, 3.05) is 6.54 Å². The predicted molar refractivity (Wildman–Crippen MR) is 94.9 cm³/mol. The zero-order valence-electron chi connectivity index (χ0n) is 13.1. The number of amides is 1. The van der Waals surface area contributed by atoms with Crippen molar-refractivity contribution in [3.63, 3.8) is 0 Å². The maximum atomic E-state index is 12.9. The number of hydrogen-bond acceptors (Lipinski definition) is 1. The molecule has 0 spiro atoms. The molecule has 1 atom stereocenters. The molecular weight excluding hydrogens is 348 g/mol. The second kappa shape index (κ2) is 7.54. The Morgan fingerprint density at radius 2 is 1.88 bits per heavy atom. The van der Waals surface area contributed by atoms with E-state index in [1.165, 1.54) is 12.1 Å². The molecule has 0 saturated carbocycles. The number of hydrogen-bond donors (Lipinski definition) is 0. The van der Waals surface area contributed by atoms with Crippen molar-refractivity contribution < 1.29 is 9.18 Å². The predicted octanol–water partition coefficient (Wildman–Crippen LogP) is 5.43. The zero-order chi connectivity index (χ0) is 17.1. The van der Waals surface area contributed by atoms with E-state index in [9.17, 15) is 9.18 Å². The molecular formula is C19H18Cl2FNO. The molecule has 0 bridgehead atoms. The Morgan fingerprint density at radius 1 is 1.12 bits per heavy atom. The minimum atomic E-state index is -0.260. The average Bonchev–Trinajstić information content (AvgIpc) is 3.06. The third-order valence-corrected chi connectivity index (χ3v) is 5.18. The summed E-state index contributed by atoms with van der Waals surface area (Å²) in [4.78, 5) is 14.5. The highest BCUT2D eigenvalue weighted by Crippen LogP contribution is 2.35. The van der Waals surface area contributed by atoms with Crippen molar-refractivity contribution in [2.45, 2.75) is 31.7 Å². The Balaban J connectivity index is 1.66. The van der Waals surface area contributed by atoms with Gasteiger partial charge in [-0.1, -0.05) is 41.4 Å². The Hall–Kier alpha value is -1.58. The lowest BCUT2D eigenvalue weighted by molar-refractivity contribution is -0.132. The van der Waals surface area contributed by atoms with Crippen LogP contribution < -0.4 is 0 Å². The van der Waals surface area contributed by atoms with Crippen LogP contribution in [0.2, 0.25) is 10.0 Å². The van der Waals surface area contributed by atoms with Gasteiger partial charge < -0.3 is 4.90 Å². The number of carbonyl (C=O) groups is 1. The molecule has 3 rings (SSSR count). The third kappa shape index (κ3) is 3.90. The summed E-state index contributed by atoms with van der Waals surface area (Å²) in [7, 11) is 0. The van der Waals surface area contributed by atoms with Gasteiger partial charge in [-0.3, -0.25) is 4.79 Å². The van der Waals surface area contributed by atoms with Crippen LogP contribution >= 0.6 is 23.2 Å². The number of aryl methyl sites for hydroxylation is 1. The van der Waals surface area contributed by atoms with Gasteiger partial charge in [0.05, 0.1) is 16.1 Å². The van der Waals surface area contributed by atoms with Crippen LogP contribution in [0.15, 0.2) is 42.5 Å². The second-order valence-electron chi connectivity index (χ2n) is 6.05. The standard InChI is InChI=1S/C19H18Cl2FNO/c20-16-9-6-14(12-17(16)21)18-2-1-11-23(18)19(24)10-5-13-3-7-15(22)8-4-13/h3-4,6-9,12,18H,1-2,5,10-11H2. The number of benzene rings is 2. The Labute approximate surface area is 151 Å². The lowest BCUT2D eigenvalue weighted by atomic mass is 10.0. The fraction of sp³-hybridized carbons (Fsp3) is 0.316. The lowest BCUT2D eigenvalue weighted by Crippen LogP contribution is -2.30. The maximum Gasteiger partial charge on any atom is 0.223 e. The average molecular weight is 366 g/mol. The van der Waals surface area contributed by atoms with Gasteiger partial charge in [-0.25, -0.2) is 4.39 Å². The number of likely N-dealkylation sites (tertiary alicyclic amines) is 1. The SMILES string of the molecule is O=C(CCc1ccc(F)cc1)N1CCCC1c1ccc(Cl)c(Cl)c1. The van der Waals surface area contributed by atoms with Crippen LogP contribution in [-0.4, -0.2) is 17.4 Å². The van der Waals surface area contributed by atoms with E-state index in [1.807, 2.05) is 17.0 Å². The minimum absolute atomic E-state index is 0.0560. The van der Waals surface area contributed by atoms with Gasteiger partial charge in [0, 0.05) is 13.0 Å². The largest absolute Gasteiger partial charge is 0.336 e. The summed E-state index contributed by atoms with van der Waals surface area (Å²) in [5.74, 6) is -0.141. The summed E-state index contributed by atoms with van der Waals surface area (Å²) in [6, 6.07) is 11.9. The normalized spacial score (nSPS) is 17.3. The fourth-order valence-corrected chi connectivity index (χ4v) is 3.48. The molecule has 0 aliphatic carbocycles. The quantitative estimate of drug-likeness (QED) is 0.707.